The van der Waals surface area contributed by atoms with E-state index in [-0.39, 0.29) is 15.8 Å². The summed E-state index contributed by atoms with van der Waals surface area (Å²) in [6.45, 7) is -0.695. The summed E-state index contributed by atoms with van der Waals surface area (Å²) in [4.78, 5) is 0. The van der Waals surface area contributed by atoms with Crippen molar-refractivity contribution >= 4 is 28.9 Å². The molecule has 1 heterocycles. The molecule has 1 fully saturated rings. The van der Waals surface area contributed by atoms with E-state index in [0.717, 1.165) is 32.6 Å². The van der Waals surface area contributed by atoms with Crippen molar-refractivity contribution in [2.24, 2.45) is 5.92 Å². The highest BCUT2D eigenvalue weighted by molar-refractivity contribution is 6.37. The molecule has 1 aliphatic rings. The van der Waals surface area contributed by atoms with Crippen molar-refractivity contribution in [3.63, 3.8) is 0 Å². The van der Waals surface area contributed by atoms with Crippen LogP contribution in [-0.4, -0.2) is 26.4 Å². The van der Waals surface area contributed by atoms with Gasteiger partial charge >= 0.3 is 6.61 Å². The summed E-state index contributed by atoms with van der Waals surface area (Å²) in [5.41, 5.74) is 0.673. The van der Waals surface area contributed by atoms with Gasteiger partial charge in [-0.25, -0.2) is 0 Å². The van der Waals surface area contributed by atoms with Crippen LogP contribution in [-0.2, 0) is 4.74 Å². The van der Waals surface area contributed by atoms with Gasteiger partial charge in [0.2, 0.25) is 0 Å². The first-order valence-corrected chi connectivity index (χ1v) is 7.07. The summed E-state index contributed by atoms with van der Waals surface area (Å²) in [5, 5.41) is 3.30. The van der Waals surface area contributed by atoms with Crippen LogP contribution in [0.2, 0.25) is 10.0 Å². The summed E-state index contributed by atoms with van der Waals surface area (Å²) in [5.74, 6) is 0.230. The zero-order chi connectivity index (χ0) is 14.5. The molecule has 112 valence electrons. The Morgan fingerprint density at radius 2 is 2.05 bits per heavy atom. The fourth-order valence-corrected chi connectivity index (χ4v) is 2.67. The van der Waals surface area contributed by atoms with Gasteiger partial charge in [-0.15, -0.1) is 0 Å². The Morgan fingerprint density at radius 3 is 2.60 bits per heavy atom. The second-order valence-electron chi connectivity index (χ2n) is 4.61. The zero-order valence-corrected chi connectivity index (χ0v) is 12.2. The number of rotatable bonds is 5. The number of benzene rings is 1. The predicted molar refractivity (Wildman–Crippen MR) is 75.1 cm³/mol. The van der Waals surface area contributed by atoms with Gasteiger partial charge < -0.3 is 14.8 Å². The maximum Gasteiger partial charge on any atom is 0.387 e. The van der Waals surface area contributed by atoms with Gasteiger partial charge in [0.1, 0.15) is 0 Å². The molecule has 0 spiro atoms. The minimum absolute atomic E-state index is 0.0557. The zero-order valence-electron chi connectivity index (χ0n) is 10.7. The van der Waals surface area contributed by atoms with Gasteiger partial charge in [-0.1, -0.05) is 23.2 Å². The third-order valence-electron chi connectivity index (χ3n) is 3.05. The minimum atomic E-state index is -2.96. The van der Waals surface area contributed by atoms with Gasteiger partial charge in [0, 0.05) is 18.8 Å². The van der Waals surface area contributed by atoms with Crippen molar-refractivity contribution in [2.75, 3.05) is 25.1 Å². The Kier molecular flexibility index (Phi) is 5.69. The van der Waals surface area contributed by atoms with Crippen LogP contribution in [0.15, 0.2) is 12.1 Å². The molecule has 1 aromatic rings. The molecule has 1 unspecified atom stereocenters. The molecule has 2 rings (SSSR count). The molecule has 1 aliphatic heterocycles. The quantitative estimate of drug-likeness (QED) is 0.868. The standard InChI is InChI=1S/C13H15Cl2F2NO2/c14-10-4-9(5-11(15)12(10)20-13(16)17)18-6-8-2-1-3-19-7-8/h4-5,8,13,18H,1-3,6-7H2. The molecule has 1 atom stereocenters. The van der Waals surface area contributed by atoms with Gasteiger partial charge in [-0.2, -0.15) is 8.78 Å². The van der Waals surface area contributed by atoms with Crippen molar-refractivity contribution in [2.45, 2.75) is 19.5 Å². The Hall–Kier alpha value is -0.780. The highest BCUT2D eigenvalue weighted by Crippen LogP contribution is 2.37. The third-order valence-corrected chi connectivity index (χ3v) is 3.62. The van der Waals surface area contributed by atoms with Crippen LogP contribution in [0.1, 0.15) is 12.8 Å². The monoisotopic (exact) mass is 325 g/mol. The van der Waals surface area contributed by atoms with Crippen molar-refractivity contribution in [1.29, 1.82) is 0 Å². The highest BCUT2D eigenvalue weighted by Gasteiger charge is 2.16. The van der Waals surface area contributed by atoms with E-state index in [4.69, 9.17) is 27.9 Å². The van der Waals surface area contributed by atoms with E-state index >= 15 is 0 Å². The molecule has 0 saturated carbocycles. The number of halogens is 4. The van der Waals surface area contributed by atoms with E-state index in [1.807, 2.05) is 0 Å². The van der Waals surface area contributed by atoms with E-state index in [2.05, 4.69) is 10.1 Å². The SMILES string of the molecule is FC(F)Oc1c(Cl)cc(NCC2CCCOC2)cc1Cl. The molecule has 0 bridgehead atoms. The average Bonchev–Trinajstić information content (AvgIpc) is 2.41. The van der Waals surface area contributed by atoms with Crippen LogP contribution >= 0.6 is 23.2 Å². The molecule has 0 radical (unpaired) electrons. The molecule has 3 nitrogen and oxygen atoms in total. The molecular weight excluding hydrogens is 311 g/mol. The minimum Gasteiger partial charge on any atom is -0.432 e. The lowest BCUT2D eigenvalue weighted by molar-refractivity contribution is -0.0497. The molecule has 0 aliphatic carbocycles. The first kappa shape index (κ1) is 15.6. The van der Waals surface area contributed by atoms with Gasteiger partial charge in [0.25, 0.3) is 0 Å². The summed E-state index contributed by atoms with van der Waals surface area (Å²) >= 11 is 11.8. The molecular formula is C13H15Cl2F2NO2. The Bertz CT molecular complexity index is 431. The summed E-state index contributed by atoms with van der Waals surface area (Å²) in [7, 11) is 0. The molecule has 0 aromatic heterocycles. The molecule has 1 saturated heterocycles. The smallest absolute Gasteiger partial charge is 0.387 e. The first-order chi connectivity index (χ1) is 9.56. The highest BCUT2D eigenvalue weighted by atomic mass is 35.5. The number of anilines is 1. The molecule has 1 aromatic carbocycles. The van der Waals surface area contributed by atoms with Crippen molar-refractivity contribution in [3.8, 4) is 5.75 Å². The van der Waals surface area contributed by atoms with Gasteiger partial charge in [0.05, 0.1) is 16.7 Å². The Balaban J connectivity index is 1.98. The number of nitrogens with one attached hydrogen (secondary N) is 1. The summed E-state index contributed by atoms with van der Waals surface area (Å²) < 4.78 is 34.1. The molecule has 0 amide bonds. The van der Waals surface area contributed by atoms with Gasteiger partial charge in [-0.3, -0.25) is 0 Å². The largest absolute Gasteiger partial charge is 0.432 e. The number of ether oxygens (including phenoxy) is 2. The lowest BCUT2D eigenvalue weighted by Crippen LogP contribution is -2.24. The van der Waals surface area contributed by atoms with Crippen LogP contribution in [0.3, 0.4) is 0 Å². The normalized spacial score (nSPS) is 19.1. The maximum absolute atomic E-state index is 12.2. The van der Waals surface area contributed by atoms with Crippen LogP contribution in [0.4, 0.5) is 14.5 Å². The fourth-order valence-electron chi connectivity index (χ4n) is 2.09. The number of alkyl halides is 2. The molecule has 7 heteroatoms. The van der Waals surface area contributed by atoms with Gasteiger partial charge in [-0.05, 0) is 30.9 Å². The van der Waals surface area contributed by atoms with E-state index in [1.165, 1.54) is 12.1 Å². The van der Waals surface area contributed by atoms with Crippen molar-refractivity contribution in [1.82, 2.24) is 0 Å². The van der Waals surface area contributed by atoms with E-state index in [9.17, 15) is 8.78 Å². The summed E-state index contributed by atoms with van der Waals surface area (Å²) in [6, 6.07) is 3.05. The van der Waals surface area contributed by atoms with Crippen LogP contribution in [0.5, 0.6) is 5.75 Å². The summed E-state index contributed by atoms with van der Waals surface area (Å²) in [6.07, 6.45) is 2.15. The molecule has 20 heavy (non-hydrogen) atoms. The van der Waals surface area contributed by atoms with Crippen LogP contribution in [0, 0.1) is 5.92 Å². The predicted octanol–water partition coefficient (Wildman–Crippen LogP) is 4.43. The van der Waals surface area contributed by atoms with Crippen molar-refractivity contribution in [3.05, 3.63) is 22.2 Å². The molecule has 1 N–H and O–H groups in total. The lowest BCUT2D eigenvalue weighted by Gasteiger charge is -2.23. The third kappa shape index (κ3) is 4.36. The first-order valence-electron chi connectivity index (χ1n) is 6.31. The number of hydrogen-bond acceptors (Lipinski definition) is 3. The fraction of sp³-hybridized carbons (Fsp3) is 0.538. The van der Waals surface area contributed by atoms with E-state index < -0.39 is 6.61 Å². The van der Waals surface area contributed by atoms with Gasteiger partial charge in [0.15, 0.2) is 5.75 Å². The maximum atomic E-state index is 12.2. The van der Waals surface area contributed by atoms with Crippen LogP contribution < -0.4 is 10.1 Å². The lowest BCUT2D eigenvalue weighted by atomic mass is 10.0. The Morgan fingerprint density at radius 1 is 1.35 bits per heavy atom. The second kappa shape index (κ2) is 7.29. The van der Waals surface area contributed by atoms with Crippen LogP contribution in [0.25, 0.3) is 0 Å². The second-order valence-corrected chi connectivity index (χ2v) is 5.43. The average molecular weight is 326 g/mol. The van der Waals surface area contributed by atoms with Crippen molar-refractivity contribution < 1.29 is 18.3 Å². The Labute approximate surface area is 126 Å². The van der Waals surface area contributed by atoms with E-state index in [1.54, 1.807) is 0 Å². The van der Waals surface area contributed by atoms with E-state index in [0.29, 0.717) is 11.6 Å². The topological polar surface area (TPSA) is 30.5 Å². The number of hydrogen-bond donors (Lipinski definition) is 1.